The van der Waals surface area contributed by atoms with Crippen LogP contribution >= 0.6 is 11.8 Å². The zero-order valence-electron chi connectivity index (χ0n) is 13.4. The van der Waals surface area contributed by atoms with E-state index in [2.05, 4.69) is 37.2 Å². The average Bonchev–Trinajstić information content (AvgIpc) is 3.02. The summed E-state index contributed by atoms with van der Waals surface area (Å²) in [4.78, 5) is 15.0. The summed E-state index contributed by atoms with van der Waals surface area (Å²) in [5.74, 6) is 2.52. The Labute approximate surface area is 128 Å². The lowest BCUT2D eigenvalue weighted by molar-refractivity contribution is -0.133. The highest BCUT2D eigenvalue weighted by Crippen LogP contribution is 2.34. The fourth-order valence-corrected chi connectivity index (χ4v) is 4.24. The number of hydrogen-bond donors (Lipinski definition) is 1. The zero-order valence-corrected chi connectivity index (χ0v) is 14.2. The molecule has 1 N–H and O–H groups in total. The van der Waals surface area contributed by atoms with Crippen LogP contribution < -0.4 is 5.32 Å². The molecule has 2 aliphatic rings. The minimum atomic E-state index is 0.0253. The van der Waals surface area contributed by atoms with Crippen molar-refractivity contribution in [2.75, 3.05) is 12.0 Å². The van der Waals surface area contributed by atoms with Crippen molar-refractivity contribution in [1.82, 2.24) is 10.2 Å². The van der Waals surface area contributed by atoms with Crippen LogP contribution in [0.1, 0.15) is 52.9 Å². The second-order valence-corrected chi connectivity index (χ2v) is 7.74. The third-order valence-electron chi connectivity index (χ3n) is 4.90. The topological polar surface area (TPSA) is 32.3 Å². The number of rotatable bonds is 6. The molecule has 0 aromatic rings. The van der Waals surface area contributed by atoms with Gasteiger partial charge in [-0.3, -0.25) is 10.1 Å². The maximum Gasteiger partial charge on any atom is 0.241 e. The molecule has 1 saturated heterocycles. The third kappa shape index (κ3) is 3.33. The molecule has 0 radical (unpaired) electrons. The van der Waals surface area contributed by atoms with E-state index in [1.54, 1.807) is 0 Å². The minimum absolute atomic E-state index is 0.0253. The van der Waals surface area contributed by atoms with Gasteiger partial charge in [0.25, 0.3) is 0 Å². The van der Waals surface area contributed by atoms with Crippen LogP contribution in [-0.2, 0) is 4.79 Å². The van der Waals surface area contributed by atoms with E-state index in [-0.39, 0.29) is 12.2 Å². The molecule has 2 rings (SSSR count). The van der Waals surface area contributed by atoms with Crippen molar-refractivity contribution in [2.24, 2.45) is 11.8 Å². The summed E-state index contributed by atoms with van der Waals surface area (Å²) in [5, 5.41) is 3.66. The number of thioether (sulfide) groups is 1. The fourth-order valence-electron chi connectivity index (χ4n) is 3.67. The first-order chi connectivity index (χ1) is 9.56. The predicted octanol–water partition coefficient (Wildman–Crippen LogP) is 3.10. The number of carbonyl (C=O) groups is 1. The quantitative estimate of drug-likeness (QED) is 0.818. The molecule has 0 aromatic heterocycles. The molecular formula is C16H30N2OS. The van der Waals surface area contributed by atoms with Gasteiger partial charge in [0.1, 0.15) is 0 Å². The van der Waals surface area contributed by atoms with Crippen molar-refractivity contribution in [2.45, 2.75) is 71.1 Å². The first-order valence-corrected chi connectivity index (χ1v) is 9.52. The largest absolute Gasteiger partial charge is 0.323 e. The Balaban J connectivity index is 2.11. The van der Waals surface area contributed by atoms with Gasteiger partial charge in [-0.25, -0.2) is 0 Å². The van der Waals surface area contributed by atoms with E-state index in [0.29, 0.717) is 23.8 Å². The molecule has 0 aromatic carbocycles. The normalized spacial score (nSPS) is 29.6. The maximum absolute atomic E-state index is 12.8. The van der Waals surface area contributed by atoms with Gasteiger partial charge in [0.2, 0.25) is 5.91 Å². The highest BCUT2D eigenvalue weighted by Gasteiger charge is 2.45. The smallest absolute Gasteiger partial charge is 0.241 e. The number of amides is 1. The summed E-state index contributed by atoms with van der Waals surface area (Å²) in [6, 6.07) is 0.383. The number of nitrogens with one attached hydrogen (secondary N) is 1. The molecule has 3 atom stereocenters. The summed E-state index contributed by atoms with van der Waals surface area (Å²) in [7, 11) is 0. The van der Waals surface area contributed by atoms with Gasteiger partial charge in [-0.1, -0.05) is 26.7 Å². The highest BCUT2D eigenvalue weighted by atomic mass is 32.2. The molecule has 0 spiro atoms. The summed E-state index contributed by atoms with van der Waals surface area (Å²) >= 11 is 1.87. The lowest BCUT2D eigenvalue weighted by atomic mass is 10.0. The van der Waals surface area contributed by atoms with E-state index >= 15 is 0 Å². The molecule has 3 unspecified atom stereocenters. The summed E-state index contributed by atoms with van der Waals surface area (Å²) in [6.45, 7) is 6.52. The van der Waals surface area contributed by atoms with Crippen LogP contribution in [0.5, 0.6) is 0 Å². The van der Waals surface area contributed by atoms with Crippen LogP contribution in [0.4, 0.5) is 0 Å². The molecular weight excluding hydrogens is 268 g/mol. The van der Waals surface area contributed by atoms with Gasteiger partial charge in [0.15, 0.2) is 0 Å². The number of nitrogens with zero attached hydrogens (tertiary/aromatic N) is 1. The van der Waals surface area contributed by atoms with E-state index < -0.39 is 0 Å². The van der Waals surface area contributed by atoms with Crippen molar-refractivity contribution >= 4 is 17.7 Å². The molecule has 20 heavy (non-hydrogen) atoms. The standard InChI is InChI=1S/C16H30N2OS/c1-11(2)14-16(19)18(12(3)9-10-20-4)15(17-14)13-7-5-6-8-13/h11-15,17H,5-10H2,1-4H3. The Kier molecular flexibility index (Phi) is 5.79. The van der Waals surface area contributed by atoms with Crippen LogP contribution in [0.3, 0.4) is 0 Å². The zero-order chi connectivity index (χ0) is 14.7. The minimum Gasteiger partial charge on any atom is -0.323 e. The Bertz CT molecular complexity index is 328. The van der Waals surface area contributed by atoms with E-state index in [4.69, 9.17) is 0 Å². The van der Waals surface area contributed by atoms with Gasteiger partial charge in [-0.05, 0) is 50.0 Å². The Hall–Kier alpha value is -0.220. The van der Waals surface area contributed by atoms with Gasteiger partial charge in [-0.2, -0.15) is 11.8 Å². The van der Waals surface area contributed by atoms with E-state index in [0.717, 1.165) is 12.2 Å². The van der Waals surface area contributed by atoms with Gasteiger partial charge in [0, 0.05) is 6.04 Å². The van der Waals surface area contributed by atoms with Crippen LogP contribution in [0.15, 0.2) is 0 Å². The van der Waals surface area contributed by atoms with Gasteiger partial charge in [-0.15, -0.1) is 0 Å². The number of hydrogen-bond acceptors (Lipinski definition) is 3. The van der Waals surface area contributed by atoms with Crippen LogP contribution in [0.25, 0.3) is 0 Å². The Morgan fingerprint density at radius 2 is 1.95 bits per heavy atom. The third-order valence-corrected chi connectivity index (χ3v) is 5.54. The van der Waals surface area contributed by atoms with Crippen molar-refractivity contribution in [3.05, 3.63) is 0 Å². The monoisotopic (exact) mass is 298 g/mol. The highest BCUT2D eigenvalue weighted by molar-refractivity contribution is 7.98. The lowest BCUT2D eigenvalue weighted by Crippen LogP contribution is -2.47. The molecule has 4 heteroatoms. The SMILES string of the molecule is CSCCC(C)N1C(=O)C(C(C)C)NC1C1CCCC1. The first kappa shape index (κ1) is 16.2. The molecule has 1 aliphatic carbocycles. The van der Waals surface area contributed by atoms with E-state index in [1.165, 1.54) is 25.7 Å². The maximum atomic E-state index is 12.8. The van der Waals surface area contributed by atoms with Gasteiger partial charge in [0.05, 0.1) is 12.2 Å². The van der Waals surface area contributed by atoms with Crippen LogP contribution in [0.2, 0.25) is 0 Å². The molecule has 1 aliphatic heterocycles. The second kappa shape index (κ2) is 7.17. The van der Waals surface area contributed by atoms with Crippen molar-refractivity contribution in [1.29, 1.82) is 0 Å². The Morgan fingerprint density at radius 3 is 2.50 bits per heavy atom. The second-order valence-electron chi connectivity index (χ2n) is 6.75. The predicted molar refractivity (Wildman–Crippen MR) is 86.8 cm³/mol. The molecule has 1 heterocycles. The average molecular weight is 298 g/mol. The van der Waals surface area contributed by atoms with Gasteiger partial charge >= 0.3 is 0 Å². The lowest BCUT2D eigenvalue weighted by Gasteiger charge is -2.34. The molecule has 1 amide bonds. The van der Waals surface area contributed by atoms with E-state index in [9.17, 15) is 4.79 Å². The molecule has 0 bridgehead atoms. The molecule has 1 saturated carbocycles. The van der Waals surface area contributed by atoms with Crippen LogP contribution in [0, 0.1) is 11.8 Å². The van der Waals surface area contributed by atoms with Crippen molar-refractivity contribution in [3.63, 3.8) is 0 Å². The van der Waals surface area contributed by atoms with Crippen molar-refractivity contribution < 1.29 is 4.79 Å². The molecule has 2 fully saturated rings. The summed E-state index contributed by atoms with van der Waals surface area (Å²) in [5.41, 5.74) is 0. The summed E-state index contributed by atoms with van der Waals surface area (Å²) < 4.78 is 0. The Morgan fingerprint density at radius 1 is 1.30 bits per heavy atom. The molecule has 3 nitrogen and oxygen atoms in total. The molecule has 116 valence electrons. The van der Waals surface area contributed by atoms with Gasteiger partial charge < -0.3 is 4.90 Å². The first-order valence-electron chi connectivity index (χ1n) is 8.13. The van der Waals surface area contributed by atoms with Crippen LogP contribution in [-0.4, -0.2) is 41.1 Å². The van der Waals surface area contributed by atoms with Crippen molar-refractivity contribution in [3.8, 4) is 0 Å². The fraction of sp³-hybridized carbons (Fsp3) is 0.938. The van der Waals surface area contributed by atoms with E-state index in [1.807, 2.05) is 11.8 Å². The summed E-state index contributed by atoms with van der Waals surface area (Å²) in [6.07, 6.45) is 8.75. The number of carbonyl (C=O) groups excluding carboxylic acids is 1.